The molecule has 0 bridgehead atoms. The van der Waals surface area contributed by atoms with Gasteiger partial charge in [0.15, 0.2) is 5.82 Å². The molecule has 36 heavy (non-hydrogen) atoms. The van der Waals surface area contributed by atoms with Crippen molar-refractivity contribution in [2.45, 2.75) is 51.5 Å². The SMILES string of the molecule is CCN1CCc2cc(Nc3ncc(Cl)c(N[C@@H]4CCCC[C@@H]4CNS(=O)O)n3)c(OC)cc2CC1=O. The third kappa shape index (κ3) is 6.44. The topological polar surface area (TPSA) is 129 Å². The van der Waals surface area contributed by atoms with Crippen molar-refractivity contribution in [3.8, 4) is 5.75 Å². The maximum absolute atomic E-state index is 12.5. The van der Waals surface area contributed by atoms with Crippen LogP contribution in [-0.4, -0.2) is 62.3 Å². The van der Waals surface area contributed by atoms with Crippen LogP contribution in [0.5, 0.6) is 5.75 Å². The summed E-state index contributed by atoms with van der Waals surface area (Å²) in [6.07, 6.45) is 6.66. The standard InChI is InChI=1S/C24H33ClN6O4S/c1-3-31-9-8-15-10-20(21(35-2)11-17(15)12-22(31)32)29-24-26-14-18(25)23(30-24)28-19-7-5-4-6-16(19)13-27-36(33)34/h10-11,14,16,19,27H,3-9,12-13H2,1-2H3,(H,33,34)(H2,26,28,29,30)/t16-,19-/m1/s1. The number of hydrogen-bond acceptors (Lipinski definition) is 7. The first-order valence-corrected chi connectivity index (χ1v) is 13.7. The number of anilines is 3. The molecule has 0 radical (unpaired) electrons. The van der Waals surface area contributed by atoms with Crippen LogP contribution in [0.25, 0.3) is 0 Å². The minimum absolute atomic E-state index is 0.0659. The van der Waals surface area contributed by atoms with Gasteiger partial charge in [-0.15, -0.1) is 0 Å². The highest BCUT2D eigenvalue weighted by molar-refractivity contribution is 7.77. The summed E-state index contributed by atoms with van der Waals surface area (Å²) in [5.41, 5.74) is 2.78. The molecular formula is C24H33ClN6O4S. The van der Waals surface area contributed by atoms with Gasteiger partial charge in [-0.2, -0.15) is 4.98 Å². The number of benzene rings is 1. The van der Waals surface area contributed by atoms with Crippen LogP contribution in [0.15, 0.2) is 18.3 Å². The highest BCUT2D eigenvalue weighted by Gasteiger charge is 2.27. The number of amides is 1. The number of hydrogen-bond donors (Lipinski definition) is 4. The molecule has 2 aromatic rings. The van der Waals surface area contributed by atoms with Gasteiger partial charge in [-0.3, -0.25) is 9.35 Å². The van der Waals surface area contributed by atoms with Crippen LogP contribution in [0.3, 0.4) is 0 Å². The number of nitrogens with one attached hydrogen (secondary N) is 3. The van der Waals surface area contributed by atoms with E-state index >= 15 is 0 Å². The largest absolute Gasteiger partial charge is 0.495 e. The Morgan fingerprint density at radius 2 is 2.08 bits per heavy atom. The second kappa shape index (κ2) is 12.2. The zero-order valence-electron chi connectivity index (χ0n) is 20.6. The Hall–Kier alpha value is -2.47. The van der Waals surface area contributed by atoms with Crippen LogP contribution in [0, 0.1) is 5.92 Å². The quantitative estimate of drug-likeness (QED) is 0.358. The van der Waals surface area contributed by atoms with Gasteiger partial charge in [-0.25, -0.2) is 13.9 Å². The number of carbonyl (C=O) groups is 1. The van der Waals surface area contributed by atoms with Crippen LogP contribution < -0.4 is 20.1 Å². The summed E-state index contributed by atoms with van der Waals surface area (Å²) >= 11 is 4.38. The molecule has 2 aliphatic rings. The molecule has 0 saturated heterocycles. The summed E-state index contributed by atoms with van der Waals surface area (Å²) in [6, 6.07) is 3.98. The molecule has 1 unspecified atom stereocenters. The molecule has 3 atom stereocenters. The lowest BCUT2D eigenvalue weighted by molar-refractivity contribution is -0.130. The molecule has 1 aliphatic carbocycles. The van der Waals surface area contributed by atoms with Gasteiger partial charge in [-0.05, 0) is 55.4 Å². The van der Waals surface area contributed by atoms with Gasteiger partial charge < -0.3 is 20.3 Å². The Kier molecular flexibility index (Phi) is 9.00. The third-order valence-electron chi connectivity index (χ3n) is 6.94. The number of ether oxygens (including phenoxy) is 1. The van der Waals surface area contributed by atoms with Crippen molar-refractivity contribution in [3.63, 3.8) is 0 Å². The van der Waals surface area contributed by atoms with Crippen molar-refractivity contribution in [1.82, 2.24) is 19.6 Å². The van der Waals surface area contributed by atoms with Crippen molar-refractivity contribution in [3.05, 3.63) is 34.5 Å². The van der Waals surface area contributed by atoms with E-state index < -0.39 is 11.3 Å². The van der Waals surface area contributed by atoms with E-state index in [9.17, 15) is 9.00 Å². The number of aromatic nitrogens is 2. The number of methoxy groups -OCH3 is 1. The highest BCUT2D eigenvalue weighted by Crippen LogP contribution is 2.34. The van der Waals surface area contributed by atoms with Crippen molar-refractivity contribution < 1.29 is 18.3 Å². The van der Waals surface area contributed by atoms with Crippen molar-refractivity contribution >= 4 is 46.2 Å². The zero-order chi connectivity index (χ0) is 25.7. The molecule has 1 amide bonds. The molecule has 1 aliphatic heterocycles. The first kappa shape index (κ1) is 26.6. The molecule has 12 heteroatoms. The van der Waals surface area contributed by atoms with Crippen LogP contribution in [-0.2, 0) is 28.9 Å². The van der Waals surface area contributed by atoms with E-state index in [0.717, 1.165) is 43.2 Å². The van der Waals surface area contributed by atoms with E-state index in [1.54, 1.807) is 13.3 Å². The van der Waals surface area contributed by atoms with Gasteiger partial charge in [0.05, 0.1) is 25.4 Å². The summed E-state index contributed by atoms with van der Waals surface area (Å²) in [4.78, 5) is 23.4. The molecular weight excluding hydrogens is 504 g/mol. The maximum atomic E-state index is 12.5. The molecule has 1 aromatic carbocycles. The summed E-state index contributed by atoms with van der Waals surface area (Å²) in [7, 11) is 1.59. The number of fused-ring (bicyclic) bond motifs is 1. The summed E-state index contributed by atoms with van der Waals surface area (Å²) < 4.78 is 28.4. The van der Waals surface area contributed by atoms with Gasteiger partial charge in [-0.1, -0.05) is 24.4 Å². The monoisotopic (exact) mass is 536 g/mol. The van der Waals surface area contributed by atoms with Crippen LogP contribution in [0.4, 0.5) is 17.5 Å². The Bertz CT molecular complexity index is 1120. The Labute approximate surface area is 219 Å². The smallest absolute Gasteiger partial charge is 0.231 e. The summed E-state index contributed by atoms with van der Waals surface area (Å²) in [5.74, 6) is 1.77. The van der Waals surface area contributed by atoms with E-state index in [1.807, 2.05) is 24.0 Å². The van der Waals surface area contributed by atoms with Crippen LogP contribution in [0.2, 0.25) is 5.02 Å². The van der Waals surface area contributed by atoms with Crippen molar-refractivity contribution in [2.24, 2.45) is 5.92 Å². The van der Waals surface area contributed by atoms with E-state index in [4.69, 9.17) is 20.9 Å². The lowest BCUT2D eigenvalue weighted by Gasteiger charge is -2.32. The third-order valence-corrected chi connectivity index (χ3v) is 7.63. The summed E-state index contributed by atoms with van der Waals surface area (Å²) in [5, 5.41) is 7.09. The average Bonchev–Trinajstić information content (AvgIpc) is 3.02. The first-order chi connectivity index (χ1) is 17.4. The van der Waals surface area contributed by atoms with Crippen LogP contribution >= 0.6 is 11.6 Å². The normalized spacial score (nSPS) is 20.9. The minimum atomic E-state index is -2.04. The predicted octanol–water partition coefficient (Wildman–Crippen LogP) is 3.53. The molecule has 1 fully saturated rings. The molecule has 4 N–H and O–H groups in total. The van der Waals surface area contributed by atoms with Gasteiger partial charge in [0.1, 0.15) is 10.8 Å². The van der Waals surface area contributed by atoms with E-state index in [0.29, 0.717) is 54.3 Å². The minimum Gasteiger partial charge on any atom is -0.495 e. The van der Waals surface area contributed by atoms with Crippen molar-refractivity contribution in [1.29, 1.82) is 0 Å². The lowest BCUT2D eigenvalue weighted by atomic mass is 9.84. The Morgan fingerprint density at radius 1 is 1.28 bits per heavy atom. The molecule has 1 saturated carbocycles. The predicted molar refractivity (Wildman–Crippen MR) is 141 cm³/mol. The fourth-order valence-corrected chi connectivity index (χ4v) is 5.47. The van der Waals surface area contributed by atoms with Gasteiger partial charge >= 0.3 is 0 Å². The van der Waals surface area contributed by atoms with E-state index in [2.05, 4.69) is 25.3 Å². The Morgan fingerprint density at radius 3 is 2.83 bits per heavy atom. The highest BCUT2D eigenvalue weighted by atomic mass is 35.5. The molecule has 1 aromatic heterocycles. The van der Waals surface area contributed by atoms with Gasteiger partial charge in [0.2, 0.25) is 23.1 Å². The first-order valence-electron chi connectivity index (χ1n) is 12.3. The molecule has 196 valence electrons. The van der Waals surface area contributed by atoms with Gasteiger partial charge in [0.25, 0.3) is 0 Å². The molecule has 4 rings (SSSR count). The fraction of sp³-hybridized carbons (Fsp3) is 0.542. The Balaban J connectivity index is 1.54. The molecule has 0 spiro atoms. The molecule has 2 heterocycles. The van der Waals surface area contributed by atoms with Crippen LogP contribution in [0.1, 0.15) is 43.7 Å². The lowest BCUT2D eigenvalue weighted by Crippen LogP contribution is -2.39. The fourth-order valence-electron chi connectivity index (χ4n) is 4.96. The number of nitrogens with zero attached hydrogens (tertiary/aromatic N) is 3. The van der Waals surface area contributed by atoms with Crippen molar-refractivity contribution in [2.75, 3.05) is 37.4 Å². The second-order valence-electron chi connectivity index (χ2n) is 9.13. The molecule has 10 nitrogen and oxygen atoms in total. The number of carbonyl (C=O) groups excluding carboxylic acids is 1. The average molecular weight is 537 g/mol. The van der Waals surface area contributed by atoms with E-state index in [-0.39, 0.29) is 17.9 Å². The van der Waals surface area contributed by atoms with Gasteiger partial charge in [0, 0.05) is 25.7 Å². The second-order valence-corrected chi connectivity index (χ2v) is 10.3. The number of likely N-dealkylation sites (N-methyl/N-ethyl adjacent to an activating group) is 1. The number of rotatable bonds is 9. The zero-order valence-corrected chi connectivity index (χ0v) is 22.1. The maximum Gasteiger partial charge on any atom is 0.231 e. The summed E-state index contributed by atoms with van der Waals surface area (Å²) in [6.45, 7) is 3.80. The number of halogens is 1. The van der Waals surface area contributed by atoms with E-state index in [1.165, 1.54) is 0 Å².